The summed E-state index contributed by atoms with van der Waals surface area (Å²) in [7, 11) is 0. The van der Waals surface area contributed by atoms with Crippen LogP contribution in [0.2, 0.25) is 0 Å². The fraction of sp³-hybridized carbons (Fsp3) is 0.400. The van der Waals surface area contributed by atoms with Crippen LogP contribution in [0.1, 0.15) is 71.6 Å². The third-order valence-corrected chi connectivity index (χ3v) is 5.51. The molecule has 26 heavy (non-hydrogen) atoms. The fourth-order valence-electron chi connectivity index (χ4n) is 3.29. The Morgan fingerprint density at radius 1 is 1.15 bits per heavy atom. The third-order valence-electron chi connectivity index (χ3n) is 5.51. The van der Waals surface area contributed by atoms with Gasteiger partial charge in [0.15, 0.2) is 0 Å². The average molecular weight is 348 g/mol. The normalized spacial score (nSPS) is 16.0. The summed E-state index contributed by atoms with van der Waals surface area (Å²) in [5.74, 6) is 0.447. The first kappa shape index (κ1) is 20.2. The minimum Gasteiger partial charge on any atom is -0.257 e. The van der Waals surface area contributed by atoms with Gasteiger partial charge in [-0.15, -0.1) is 0 Å². The van der Waals surface area contributed by atoms with Crippen LogP contribution >= 0.6 is 0 Å². The fourth-order valence-corrected chi connectivity index (χ4v) is 3.29. The van der Waals surface area contributed by atoms with Gasteiger partial charge in [0.25, 0.3) is 0 Å². The van der Waals surface area contributed by atoms with Crippen LogP contribution in [-0.2, 0) is 6.42 Å². The number of hydrogen-bond acceptors (Lipinski definition) is 1. The van der Waals surface area contributed by atoms with Crippen LogP contribution in [0, 0.1) is 5.92 Å². The highest BCUT2D eigenvalue weighted by Gasteiger charge is 2.22. The maximum atomic E-state index is 4.99. The SMILES string of the molecule is C=C1CC(c2ccc(C(=C)C)cc2CC)=C(C)C(N=C(C)C(C)C)=C1C. The topological polar surface area (TPSA) is 12.4 Å². The van der Waals surface area contributed by atoms with Gasteiger partial charge in [-0.05, 0) is 85.4 Å². The summed E-state index contributed by atoms with van der Waals surface area (Å²) in [4.78, 5) is 4.99. The van der Waals surface area contributed by atoms with E-state index in [9.17, 15) is 0 Å². The van der Waals surface area contributed by atoms with Crippen LogP contribution in [0.25, 0.3) is 11.1 Å². The van der Waals surface area contributed by atoms with E-state index >= 15 is 0 Å². The number of benzene rings is 1. The van der Waals surface area contributed by atoms with Crippen molar-refractivity contribution in [2.45, 2.75) is 61.3 Å². The molecule has 1 aromatic rings. The van der Waals surface area contributed by atoms with Crippen molar-refractivity contribution in [3.8, 4) is 0 Å². The molecule has 1 heteroatoms. The summed E-state index contributed by atoms with van der Waals surface area (Å²) in [6.07, 6.45) is 1.91. The van der Waals surface area contributed by atoms with E-state index in [0.29, 0.717) is 5.92 Å². The van der Waals surface area contributed by atoms with Crippen molar-refractivity contribution in [1.29, 1.82) is 0 Å². The van der Waals surface area contributed by atoms with Gasteiger partial charge < -0.3 is 0 Å². The third kappa shape index (κ3) is 3.98. The molecule has 0 aliphatic heterocycles. The van der Waals surface area contributed by atoms with Gasteiger partial charge in [0.05, 0.1) is 5.70 Å². The minimum atomic E-state index is 0.447. The molecule has 0 bridgehead atoms. The number of aliphatic imine (C=N–C) groups is 1. The van der Waals surface area contributed by atoms with E-state index in [1.165, 1.54) is 44.7 Å². The number of hydrogen-bond donors (Lipinski definition) is 0. The molecular weight excluding hydrogens is 314 g/mol. The van der Waals surface area contributed by atoms with Gasteiger partial charge in [-0.25, -0.2) is 0 Å². The number of rotatable bonds is 5. The second-order valence-electron chi connectivity index (χ2n) is 7.77. The quantitative estimate of drug-likeness (QED) is 0.492. The van der Waals surface area contributed by atoms with Gasteiger partial charge in [0, 0.05) is 5.71 Å². The largest absolute Gasteiger partial charge is 0.257 e. The Bertz CT molecular complexity index is 841. The molecule has 2 rings (SSSR count). The molecule has 0 fully saturated rings. The highest BCUT2D eigenvalue weighted by atomic mass is 14.8. The van der Waals surface area contributed by atoms with E-state index in [0.717, 1.165) is 24.1 Å². The summed E-state index contributed by atoms with van der Waals surface area (Å²) < 4.78 is 0. The second kappa shape index (κ2) is 8.03. The van der Waals surface area contributed by atoms with E-state index in [2.05, 4.69) is 79.8 Å². The zero-order chi connectivity index (χ0) is 19.6. The molecular formula is C25H33N. The Morgan fingerprint density at radius 3 is 2.35 bits per heavy atom. The van der Waals surface area contributed by atoms with Crippen LogP contribution in [0.3, 0.4) is 0 Å². The van der Waals surface area contributed by atoms with Crippen LogP contribution in [-0.4, -0.2) is 5.71 Å². The van der Waals surface area contributed by atoms with Gasteiger partial charge in [-0.3, -0.25) is 4.99 Å². The van der Waals surface area contributed by atoms with Crippen molar-refractivity contribution >= 4 is 16.9 Å². The Morgan fingerprint density at radius 2 is 1.81 bits per heavy atom. The Balaban J connectivity index is 2.66. The molecule has 0 heterocycles. The number of aryl methyl sites for hydroxylation is 1. The first-order chi connectivity index (χ1) is 12.2. The molecule has 0 amide bonds. The first-order valence-electron chi connectivity index (χ1n) is 9.60. The van der Waals surface area contributed by atoms with Crippen molar-refractivity contribution < 1.29 is 0 Å². The maximum absolute atomic E-state index is 4.99. The summed E-state index contributed by atoms with van der Waals surface area (Å²) in [6.45, 7) is 23.6. The smallest absolute Gasteiger partial charge is 0.0693 e. The van der Waals surface area contributed by atoms with Crippen molar-refractivity contribution in [2.24, 2.45) is 10.9 Å². The molecule has 0 saturated heterocycles. The number of nitrogens with zero attached hydrogens (tertiary/aromatic N) is 1. The molecule has 0 unspecified atom stereocenters. The lowest BCUT2D eigenvalue weighted by Crippen LogP contribution is -2.09. The summed E-state index contributed by atoms with van der Waals surface area (Å²) in [5, 5.41) is 0. The minimum absolute atomic E-state index is 0.447. The monoisotopic (exact) mass is 347 g/mol. The van der Waals surface area contributed by atoms with Crippen LogP contribution in [0.15, 0.2) is 58.8 Å². The van der Waals surface area contributed by atoms with E-state index in [1.807, 2.05) is 0 Å². The van der Waals surface area contributed by atoms with Gasteiger partial charge in [-0.1, -0.05) is 57.7 Å². The molecule has 0 N–H and O–H groups in total. The number of allylic oxidation sites excluding steroid dienone is 5. The van der Waals surface area contributed by atoms with Crippen LogP contribution < -0.4 is 0 Å². The molecule has 138 valence electrons. The molecule has 0 saturated carbocycles. The molecule has 1 aromatic carbocycles. The van der Waals surface area contributed by atoms with Gasteiger partial charge in [0.1, 0.15) is 0 Å². The first-order valence-corrected chi connectivity index (χ1v) is 9.60. The average Bonchev–Trinajstić information content (AvgIpc) is 2.60. The standard InChI is InChI=1S/C25H33N/c1-10-21-14-22(16(4)5)11-12-23(21)24-13-17(6)18(7)25(19(24)8)26-20(9)15(2)3/h11-12,14-15H,4,6,10,13H2,1-3,5,7-9H3. The summed E-state index contributed by atoms with van der Waals surface area (Å²) >= 11 is 0. The second-order valence-corrected chi connectivity index (χ2v) is 7.77. The van der Waals surface area contributed by atoms with E-state index in [-0.39, 0.29) is 0 Å². The van der Waals surface area contributed by atoms with Gasteiger partial charge in [0.2, 0.25) is 0 Å². The Hall–Kier alpha value is -2.15. The molecule has 0 spiro atoms. The van der Waals surface area contributed by atoms with E-state index in [4.69, 9.17) is 4.99 Å². The van der Waals surface area contributed by atoms with Gasteiger partial charge in [-0.2, -0.15) is 0 Å². The van der Waals surface area contributed by atoms with Crippen molar-refractivity contribution in [2.75, 3.05) is 0 Å². The summed E-state index contributed by atoms with van der Waals surface area (Å²) in [5.41, 5.74) is 12.4. The molecule has 1 aliphatic carbocycles. The zero-order valence-electron chi connectivity index (χ0n) is 17.6. The maximum Gasteiger partial charge on any atom is 0.0693 e. The molecule has 1 aliphatic rings. The highest BCUT2D eigenvalue weighted by Crippen LogP contribution is 2.40. The van der Waals surface area contributed by atoms with Gasteiger partial charge >= 0.3 is 0 Å². The zero-order valence-corrected chi connectivity index (χ0v) is 17.6. The van der Waals surface area contributed by atoms with Crippen molar-refractivity contribution in [3.63, 3.8) is 0 Å². The lowest BCUT2D eigenvalue weighted by atomic mass is 9.82. The van der Waals surface area contributed by atoms with Crippen LogP contribution in [0.5, 0.6) is 0 Å². The molecule has 0 aromatic heterocycles. The highest BCUT2D eigenvalue weighted by molar-refractivity contribution is 5.87. The van der Waals surface area contributed by atoms with Crippen LogP contribution in [0.4, 0.5) is 0 Å². The van der Waals surface area contributed by atoms with E-state index < -0.39 is 0 Å². The molecule has 1 nitrogen and oxygen atoms in total. The van der Waals surface area contributed by atoms with E-state index in [1.54, 1.807) is 0 Å². The predicted molar refractivity (Wildman–Crippen MR) is 118 cm³/mol. The molecule has 0 atom stereocenters. The lowest BCUT2D eigenvalue weighted by molar-refractivity contribution is 0.873. The summed E-state index contributed by atoms with van der Waals surface area (Å²) in [6, 6.07) is 6.73. The lowest BCUT2D eigenvalue weighted by Gasteiger charge is -2.25. The van der Waals surface area contributed by atoms with Crippen molar-refractivity contribution in [1.82, 2.24) is 0 Å². The Kier molecular flexibility index (Phi) is 6.23. The predicted octanol–water partition coefficient (Wildman–Crippen LogP) is 7.41. The Labute approximate surface area is 159 Å². The molecule has 0 radical (unpaired) electrons. The van der Waals surface area contributed by atoms with Crippen molar-refractivity contribution in [3.05, 3.63) is 70.5 Å².